The molecule has 0 aliphatic rings. The number of alkyl halides is 3. The Hall–Kier alpha value is -2.01. The maximum absolute atomic E-state index is 12.5. The van der Waals surface area contributed by atoms with E-state index in [1.54, 1.807) is 7.11 Å². The van der Waals surface area contributed by atoms with Crippen LogP contribution in [-0.4, -0.2) is 13.2 Å². The molecule has 2 rings (SSSR count). The molecule has 2 aromatic rings. The van der Waals surface area contributed by atoms with E-state index >= 15 is 0 Å². The highest BCUT2D eigenvalue weighted by Crippen LogP contribution is 2.28. The summed E-state index contributed by atoms with van der Waals surface area (Å²) < 4.78 is 42.9. The summed E-state index contributed by atoms with van der Waals surface area (Å²) >= 11 is 0. The average molecular weight is 324 g/mol. The molecule has 5 heteroatoms. The van der Waals surface area contributed by atoms with Crippen LogP contribution in [0.25, 0.3) is 0 Å². The molecule has 2 N–H and O–H groups in total. The highest BCUT2D eigenvalue weighted by Gasteiger charge is 2.29. The normalized spacial score (nSPS) is 12.9. The van der Waals surface area contributed by atoms with E-state index in [9.17, 15) is 13.2 Å². The van der Waals surface area contributed by atoms with Gasteiger partial charge in [-0.25, -0.2) is 0 Å². The van der Waals surface area contributed by atoms with E-state index in [1.165, 1.54) is 12.1 Å². The molecule has 0 bridgehead atoms. The third-order valence-electron chi connectivity index (χ3n) is 3.77. The predicted molar refractivity (Wildman–Crippen MR) is 83.2 cm³/mol. The highest BCUT2D eigenvalue weighted by atomic mass is 19.4. The van der Waals surface area contributed by atoms with Crippen molar-refractivity contribution in [3.05, 3.63) is 65.2 Å². The molecule has 0 aliphatic heterocycles. The molecule has 0 radical (unpaired) electrons. The quantitative estimate of drug-likeness (QED) is 0.866. The van der Waals surface area contributed by atoms with Crippen LogP contribution < -0.4 is 10.1 Å². The fourth-order valence-electron chi connectivity index (χ4n) is 2.47. The van der Waals surface area contributed by atoms with Gasteiger partial charge in [0.15, 0.2) is 0 Å². The van der Waals surface area contributed by atoms with E-state index in [0.29, 0.717) is 12.6 Å². The molecule has 0 amide bonds. The average Bonchev–Trinajstić information content (AvgIpc) is 2.53. The molecular formula is C18H21F3NO+. The van der Waals surface area contributed by atoms with Gasteiger partial charge in [-0.3, -0.25) is 0 Å². The van der Waals surface area contributed by atoms with Crippen molar-refractivity contribution in [3.63, 3.8) is 0 Å². The van der Waals surface area contributed by atoms with Crippen molar-refractivity contribution in [1.29, 1.82) is 0 Å². The lowest BCUT2D eigenvalue weighted by molar-refractivity contribution is -0.701. The number of hydrogen-bond acceptors (Lipinski definition) is 1. The van der Waals surface area contributed by atoms with Gasteiger partial charge in [0.2, 0.25) is 0 Å². The van der Waals surface area contributed by atoms with Crippen LogP contribution in [0, 0.1) is 0 Å². The largest absolute Gasteiger partial charge is 0.496 e. The number of methoxy groups -OCH3 is 1. The molecule has 124 valence electrons. The van der Waals surface area contributed by atoms with E-state index in [2.05, 4.69) is 12.2 Å². The lowest BCUT2D eigenvalue weighted by atomic mass is 10.1. The van der Waals surface area contributed by atoms with Gasteiger partial charge in [0, 0.05) is 12.0 Å². The van der Waals surface area contributed by atoms with Crippen molar-refractivity contribution in [1.82, 2.24) is 0 Å². The first-order chi connectivity index (χ1) is 10.9. The van der Waals surface area contributed by atoms with Crippen LogP contribution in [0.4, 0.5) is 13.2 Å². The third-order valence-corrected chi connectivity index (χ3v) is 3.77. The number of ether oxygens (including phenoxy) is 1. The smallest absolute Gasteiger partial charge is 0.416 e. The van der Waals surface area contributed by atoms with E-state index in [4.69, 9.17) is 4.74 Å². The van der Waals surface area contributed by atoms with Gasteiger partial charge < -0.3 is 10.1 Å². The fourth-order valence-corrected chi connectivity index (χ4v) is 2.47. The molecule has 0 aromatic heterocycles. The SMILES string of the molecule is COc1ccccc1C[C@@H](C)[NH2+]Cc1ccc(C(F)(F)F)cc1. The number of halogens is 3. The van der Waals surface area contributed by atoms with Crippen molar-refractivity contribution in [2.45, 2.75) is 32.1 Å². The second kappa shape index (κ2) is 7.51. The van der Waals surface area contributed by atoms with Crippen molar-refractivity contribution < 1.29 is 23.2 Å². The van der Waals surface area contributed by atoms with Crippen LogP contribution in [0.1, 0.15) is 23.6 Å². The summed E-state index contributed by atoms with van der Waals surface area (Å²) in [6.07, 6.45) is -3.44. The topological polar surface area (TPSA) is 25.8 Å². The third kappa shape index (κ3) is 4.99. The molecule has 2 nitrogen and oxygen atoms in total. The van der Waals surface area contributed by atoms with Gasteiger partial charge in [-0.15, -0.1) is 0 Å². The molecular weight excluding hydrogens is 303 g/mol. The summed E-state index contributed by atoms with van der Waals surface area (Å²) in [5, 5.41) is 2.12. The minimum atomic E-state index is -4.28. The number of rotatable bonds is 6. The standard InChI is InChI=1S/C18H20F3NO/c1-13(11-15-5-3-4-6-17(15)23-2)22-12-14-7-9-16(10-8-14)18(19,20)21/h3-10,13,22H,11-12H2,1-2H3/p+1/t13-/m1/s1. The number of benzene rings is 2. The molecule has 2 aromatic carbocycles. The Balaban J connectivity index is 1.90. The summed E-state index contributed by atoms with van der Waals surface area (Å²) in [7, 11) is 1.65. The van der Waals surface area contributed by atoms with E-state index < -0.39 is 11.7 Å². The molecule has 0 spiro atoms. The van der Waals surface area contributed by atoms with Gasteiger partial charge in [-0.2, -0.15) is 13.2 Å². The fraction of sp³-hybridized carbons (Fsp3) is 0.333. The number of para-hydroxylation sites is 1. The molecule has 23 heavy (non-hydrogen) atoms. The molecule has 0 saturated carbocycles. The summed E-state index contributed by atoms with van der Waals surface area (Å²) in [6, 6.07) is 13.5. The second-order valence-corrected chi connectivity index (χ2v) is 5.63. The maximum Gasteiger partial charge on any atom is 0.416 e. The van der Waals surface area contributed by atoms with Crippen molar-refractivity contribution in [2.75, 3.05) is 7.11 Å². The van der Waals surface area contributed by atoms with Crippen molar-refractivity contribution >= 4 is 0 Å². The second-order valence-electron chi connectivity index (χ2n) is 5.63. The monoisotopic (exact) mass is 324 g/mol. The van der Waals surface area contributed by atoms with E-state index in [1.807, 2.05) is 24.3 Å². The van der Waals surface area contributed by atoms with Gasteiger partial charge in [0.25, 0.3) is 0 Å². The van der Waals surface area contributed by atoms with Gasteiger partial charge in [-0.05, 0) is 30.7 Å². The first-order valence-electron chi connectivity index (χ1n) is 7.51. The zero-order valence-electron chi connectivity index (χ0n) is 13.2. The van der Waals surface area contributed by atoms with Gasteiger partial charge in [0.05, 0.1) is 18.7 Å². The Morgan fingerprint density at radius 2 is 1.70 bits per heavy atom. The maximum atomic E-state index is 12.5. The Labute approximate surface area is 134 Å². The summed E-state index contributed by atoms with van der Waals surface area (Å²) in [5.41, 5.74) is 1.40. The van der Waals surface area contributed by atoms with Crippen LogP contribution >= 0.6 is 0 Å². The van der Waals surface area contributed by atoms with E-state index in [-0.39, 0.29) is 0 Å². The lowest BCUT2D eigenvalue weighted by Gasteiger charge is -2.14. The predicted octanol–water partition coefficient (Wildman–Crippen LogP) is 3.41. The molecule has 0 saturated heterocycles. The first-order valence-corrected chi connectivity index (χ1v) is 7.51. The Bertz CT molecular complexity index is 623. The summed E-state index contributed by atoms with van der Waals surface area (Å²) in [4.78, 5) is 0. The minimum absolute atomic E-state index is 0.300. The van der Waals surface area contributed by atoms with Crippen LogP contribution in [0.2, 0.25) is 0 Å². The van der Waals surface area contributed by atoms with Gasteiger partial charge in [0.1, 0.15) is 12.3 Å². The molecule has 0 heterocycles. The minimum Gasteiger partial charge on any atom is -0.496 e. The number of nitrogens with two attached hydrogens (primary N) is 1. The molecule has 0 fully saturated rings. The van der Waals surface area contributed by atoms with Crippen LogP contribution in [0.15, 0.2) is 48.5 Å². The highest BCUT2D eigenvalue weighted by molar-refractivity contribution is 5.33. The zero-order chi connectivity index (χ0) is 16.9. The summed E-state index contributed by atoms with van der Waals surface area (Å²) in [5.74, 6) is 0.863. The first kappa shape index (κ1) is 17.3. The van der Waals surface area contributed by atoms with Crippen LogP contribution in [-0.2, 0) is 19.1 Å². The Morgan fingerprint density at radius 3 is 2.30 bits per heavy atom. The van der Waals surface area contributed by atoms with Gasteiger partial charge >= 0.3 is 6.18 Å². The summed E-state index contributed by atoms with van der Waals surface area (Å²) in [6.45, 7) is 2.74. The van der Waals surface area contributed by atoms with Crippen molar-refractivity contribution in [3.8, 4) is 5.75 Å². The molecule has 0 unspecified atom stereocenters. The Morgan fingerprint density at radius 1 is 1.04 bits per heavy atom. The molecule has 1 atom stereocenters. The number of quaternary nitrogens is 1. The Kier molecular flexibility index (Phi) is 5.66. The van der Waals surface area contributed by atoms with Crippen LogP contribution in [0.3, 0.4) is 0 Å². The number of hydrogen-bond donors (Lipinski definition) is 1. The molecule has 0 aliphatic carbocycles. The zero-order valence-corrected chi connectivity index (χ0v) is 13.2. The van der Waals surface area contributed by atoms with Crippen LogP contribution in [0.5, 0.6) is 5.75 Å². The van der Waals surface area contributed by atoms with Crippen molar-refractivity contribution in [2.24, 2.45) is 0 Å². The lowest BCUT2D eigenvalue weighted by Crippen LogP contribution is -2.88. The van der Waals surface area contributed by atoms with Gasteiger partial charge in [-0.1, -0.05) is 30.3 Å². The van der Waals surface area contributed by atoms with E-state index in [0.717, 1.165) is 35.4 Å².